The van der Waals surface area contributed by atoms with Crippen molar-refractivity contribution < 1.29 is 18.0 Å². The van der Waals surface area contributed by atoms with Crippen molar-refractivity contribution in [2.75, 3.05) is 16.7 Å². The van der Waals surface area contributed by atoms with Crippen LogP contribution in [-0.2, 0) is 10.2 Å². The van der Waals surface area contributed by atoms with E-state index in [1.807, 2.05) is 0 Å². The summed E-state index contributed by atoms with van der Waals surface area (Å²) in [6.07, 6.45) is 10.2. The molecule has 2 aliphatic rings. The van der Waals surface area contributed by atoms with Crippen LogP contribution in [0.2, 0.25) is 0 Å². The summed E-state index contributed by atoms with van der Waals surface area (Å²) < 4.78 is 33.1. The zero-order valence-electron chi connectivity index (χ0n) is 24.1. The molecule has 1 atom stereocenters. The van der Waals surface area contributed by atoms with Gasteiger partial charge in [-0.3, -0.25) is 23.7 Å². The summed E-state index contributed by atoms with van der Waals surface area (Å²) in [5.41, 5.74) is 1.30. The third-order valence-corrected chi connectivity index (χ3v) is 9.01. The van der Waals surface area contributed by atoms with Crippen molar-refractivity contribution in [3.63, 3.8) is 0 Å². The lowest BCUT2D eigenvalue weighted by Gasteiger charge is -2.23. The van der Waals surface area contributed by atoms with Gasteiger partial charge >= 0.3 is 10.2 Å². The van der Waals surface area contributed by atoms with Gasteiger partial charge in [0.25, 0.3) is 17.4 Å². The second kappa shape index (κ2) is 10.3. The Kier molecular flexibility index (Phi) is 6.46. The minimum atomic E-state index is -4.05. The zero-order valence-corrected chi connectivity index (χ0v) is 24.9. The molecule has 2 amide bonds. The van der Waals surface area contributed by atoms with E-state index >= 15 is 0 Å². The molecule has 13 nitrogen and oxygen atoms in total. The number of anilines is 2. The van der Waals surface area contributed by atoms with Crippen molar-refractivity contribution >= 4 is 49.9 Å². The first kappa shape index (κ1) is 28.3. The Morgan fingerprint density at radius 3 is 2.56 bits per heavy atom. The van der Waals surface area contributed by atoms with Crippen LogP contribution in [0.25, 0.3) is 22.1 Å². The van der Waals surface area contributed by atoms with Crippen LogP contribution in [0.5, 0.6) is 0 Å². The third kappa shape index (κ3) is 4.60. The molecule has 1 aliphatic heterocycles. The number of fused-ring (bicyclic) bond motifs is 1. The van der Waals surface area contributed by atoms with Crippen molar-refractivity contribution in [1.29, 1.82) is 0 Å². The maximum absolute atomic E-state index is 14.3. The van der Waals surface area contributed by atoms with Crippen LogP contribution in [0.1, 0.15) is 57.8 Å². The van der Waals surface area contributed by atoms with E-state index < -0.39 is 27.7 Å². The molecule has 45 heavy (non-hydrogen) atoms. The second-order valence-corrected chi connectivity index (χ2v) is 12.4. The fraction of sp³-hybridized carbons (Fsp3) is 0.194. The smallest absolute Gasteiger partial charge is 0.300 e. The number of hydrogen-bond donors (Lipinski definition) is 3. The Balaban J connectivity index is 1.39. The monoisotopic (exact) mass is 622 g/mol. The molecule has 7 rings (SSSR count). The Bertz CT molecular complexity index is 2280. The molecule has 1 aliphatic carbocycles. The molecule has 3 aromatic heterocycles. The molecule has 0 spiro atoms. The van der Waals surface area contributed by atoms with E-state index in [2.05, 4.69) is 30.8 Å². The minimum absolute atomic E-state index is 0.103. The number of terminal acetylenes is 1. The maximum atomic E-state index is 14.3. The van der Waals surface area contributed by atoms with Gasteiger partial charge in [-0.05, 0) is 50.1 Å². The highest BCUT2D eigenvalue weighted by Crippen LogP contribution is 2.40. The molecule has 1 fully saturated rings. The summed E-state index contributed by atoms with van der Waals surface area (Å²) in [6.45, 7) is 1.64. The number of carbonyl (C=O) groups is 2. The SMILES string of the molecule is C#Cc1ccc2c3c(c([C@@H](C)NC(=O)c4c(NS(=O)(=O)NC5CC5)nn5cccnc45)n(-c4ccccc4)c(=O)c13)C(=O)N2C. The van der Waals surface area contributed by atoms with Crippen LogP contribution in [-0.4, -0.2) is 52.5 Å². The summed E-state index contributed by atoms with van der Waals surface area (Å²) in [6, 6.07) is 12.5. The average Bonchev–Trinajstić information content (AvgIpc) is 3.69. The molecular formula is C31H26N8O5S. The van der Waals surface area contributed by atoms with Gasteiger partial charge in [0.2, 0.25) is 0 Å². The van der Waals surface area contributed by atoms with Gasteiger partial charge in [-0.25, -0.2) is 9.50 Å². The van der Waals surface area contributed by atoms with E-state index in [0.717, 1.165) is 0 Å². The Labute approximate surface area is 257 Å². The number of hydrogen-bond acceptors (Lipinski definition) is 7. The molecule has 1 saturated carbocycles. The summed E-state index contributed by atoms with van der Waals surface area (Å²) >= 11 is 0. The van der Waals surface area contributed by atoms with Crippen molar-refractivity contribution in [2.24, 2.45) is 0 Å². The highest BCUT2D eigenvalue weighted by molar-refractivity contribution is 7.90. The molecule has 0 unspecified atom stereocenters. The van der Waals surface area contributed by atoms with E-state index in [4.69, 9.17) is 6.42 Å². The van der Waals surface area contributed by atoms with E-state index in [0.29, 0.717) is 35.2 Å². The minimum Gasteiger partial charge on any atom is -0.344 e. The lowest BCUT2D eigenvalue weighted by molar-refractivity contribution is 0.0935. The topological polar surface area (TPSA) is 160 Å². The summed E-state index contributed by atoms with van der Waals surface area (Å²) in [5, 5.41) is 7.76. The summed E-state index contributed by atoms with van der Waals surface area (Å²) in [5.74, 6) is 1.24. The largest absolute Gasteiger partial charge is 0.344 e. The molecule has 2 aromatic carbocycles. The van der Waals surface area contributed by atoms with E-state index in [-0.39, 0.29) is 45.6 Å². The van der Waals surface area contributed by atoms with Gasteiger partial charge in [-0.1, -0.05) is 24.1 Å². The predicted octanol–water partition coefficient (Wildman–Crippen LogP) is 2.50. The number of rotatable bonds is 8. The number of benzene rings is 2. The quantitative estimate of drug-likeness (QED) is 0.224. The normalized spacial score (nSPS) is 15.0. The highest BCUT2D eigenvalue weighted by atomic mass is 32.2. The lowest BCUT2D eigenvalue weighted by atomic mass is 9.97. The van der Waals surface area contributed by atoms with E-state index in [9.17, 15) is 22.8 Å². The predicted molar refractivity (Wildman–Crippen MR) is 168 cm³/mol. The number of nitrogens with zero attached hydrogens (tertiary/aromatic N) is 5. The van der Waals surface area contributed by atoms with Gasteiger partial charge in [0.1, 0.15) is 5.56 Å². The molecule has 0 bridgehead atoms. The molecule has 14 heteroatoms. The summed E-state index contributed by atoms with van der Waals surface area (Å²) in [7, 11) is -2.44. The Morgan fingerprint density at radius 1 is 1.09 bits per heavy atom. The maximum Gasteiger partial charge on any atom is 0.300 e. The number of nitrogens with one attached hydrogen (secondary N) is 3. The third-order valence-electron chi connectivity index (χ3n) is 7.91. The van der Waals surface area contributed by atoms with Crippen LogP contribution in [0.4, 0.5) is 11.5 Å². The van der Waals surface area contributed by atoms with Gasteiger partial charge in [0.15, 0.2) is 11.5 Å². The first-order valence-corrected chi connectivity index (χ1v) is 15.6. The first-order valence-electron chi connectivity index (χ1n) is 14.1. The summed E-state index contributed by atoms with van der Waals surface area (Å²) in [4.78, 5) is 47.9. The van der Waals surface area contributed by atoms with Gasteiger partial charge < -0.3 is 10.2 Å². The molecular weight excluding hydrogens is 596 g/mol. The number of amides is 2. The van der Waals surface area contributed by atoms with Crippen LogP contribution in [0.3, 0.4) is 0 Å². The lowest BCUT2D eigenvalue weighted by Crippen LogP contribution is -2.36. The molecule has 0 saturated heterocycles. The molecule has 4 heterocycles. The van der Waals surface area contributed by atoms with Crippen molar-refractivity contribution in [3.8, 4) is 18.0 Å². The first-order chi connectivity index (χ1) is 21.6. The number of carbonyl (C=O) groups excluding carboxylic acids is 2. The molecule has 226 valence electrons. The van der Waals surface area contributed by atoms with Crippen LogP contribution in [0, 0.1) is 12.3 Å². The van der Waals surface area contributed by atoms with Crippen molar-refractivity contribution in [1.82, 2.24) is 29.2 Å². The number of pyridine rings is 1. The van der Waals surface area contributed by atoms with Gasteiger partial charge in [0, 0.05) is 42.1 Å². The van der Waals surface area contributed by atoms with Gasteiger partial charge in [-0.2, -0.15) is 13.1 Å². The standard InChI is InChI=1S/C31H26N8O5S/c1-4-18-11-14-21-23-22(18)31(42)39(20-9-6-5-7-10-20)26(24(23)30(41)37(21)3)17(2)33-29(40)25-27(34-38-16-8-15-32-28(25)38)36-45(43,44)35-19-12-13-19/h1,5-11,14-17,19,35H,12-13H2,2-3H3,(H,33,40)(H,34,36)/t17-/m1/s1. The zero-order chi connectivity index (χ0) is 31.6. The van der Waals surface area contributed by atoms with Gasteiger partial charge in [-0.15, -0.1) is 11.5 Å². The Hall–Kier alpha value is -5.52. The molecule has 5 aromatic rings. The van der Waals surface area contributed by atoms with Crippen LogP contribution >= 0.6 is 0 Å². The van der Waals surface area contributed by atoms with E-state index in [1.54, 1.807) is 62.5 Å². The highest BCUT2D eigenvalue weighted by Gasteiger charge is 2.37. The average molecular weight is 623 g/mol. The van der Waals surface area contributed by atoms with Crippen molar-refractivity contribution in [3.05, 3.63) is 93.7 Å². The van der Waals surface area contributed by atoms with E-state index in [1.165, 1.54) is 26.4 Å². The molecule has 0 radical (unpaired) electrons. The Morgan fingerprint density at radius 2 is 1.84 bits per heavy atom. The number of para-hydroxylation sites is 1. The fourth-order valence-electron chi connectivity index (χ4n) is 5.75. The molecule has 3 N–H and O–H groups in total. The number of aromatic nitrogens is 4. The van der Waals surface area contributed by atoms with Gasteiger partial charge in [0.05, 0.1) is 28.4 Å². The fourth-order valence-corrected chi connectivity index (χ4v) is 6.88. The van der Waals surface area contributed by atoms with Crippen LogP contribution < -0.4 is 25.2 Å². The van der Waals surface area contributed by atoms with Crippen LogP contribution in [0.15, 0.2) is 65.7 Å². The second-order valence-electron chi connectivity index (χ2n) is 10.9. The van der Waals surface area contributed by atoms with Crippen molar-refractivity contribution in [2.45, 2.75) is 31.8 Å².